The largest absolute Gasteiger partial charge is 0.483 e. The average molecular weight is 414 g/mol. The molecule has 2 heterocycles. The number of hydrogen-bond acceptors (Lipinski definition) is 5. The molecule has 1 amide bonds. The van der Waals surface area contributed by atoms with Crippen LogP contribution in [0.5, 0.6) is 0 Å². The van der Waals surface area contributed by atoms with Gasteiger partial charge in [-0.15, -0.1) is 0 Å². The predicted octanol–water partition coefficient (Wildman–Crippen LogP) is 4.18. The van der Waals surface area contributed by atoms with E-state index in [1.807, 2.05) is 31.9 Å². The number of aryl methyl sites for hydroxylation is 1. The lowest BCUT2D eigenvalue weighted by molar-refractivity contribution is -0.122. The van der Waals surface area contributed by atoms with Crippen LogP contribution < -0.4 is 4.90 Å². The summed E-state index contributed by atoms with van der Waals surface area (Å²) in [6.45, 7) is 10.6. The fourth-order valence-corrected chi connectivity index (χ4v) is 3.83. The number of pyridine rings is 1. The van der Waals surface area contributed by atoms with Crippen molar-refractivity contribution in [2.45, 2.75) is 52.1 Å². The van der Waals surface area contributed by atoms with E-state index in [1.165, 1.54) is 35.0 Å². The summed E-state index contributed by atoms with van der Waals surface area (Å²) in [6.07, 6.45) is 4.26. The molecule has 0 atom stereocenters. The summed E-state index contributed by atoms with van der Waals surface area (Å²) < 4.78 is 5.52. The third kappa shape index (κ3) is 5.20. The van der Waals surface area contributed by atoms with E-state index in [1.54, 1.807) is 0 Å². The third-order valence-electron chi connectivity index (χ3n) is 5.26. The molecule has 162 valence electrons. The van der Waals surface area contributed by atoms with Gasteiger partial charge in [-0.1, -0.05) is 6.07 Å². The molecule has 0 bridgehead atoms. The quantitative estimate of drug-likeness (QED) is 0.744. The van der Waals surface area contributed by atoms with Gasteiger partial charge in [0.2, 0.25) is 0 Å². The first-order valence-corrected chi connectivity index (χ1v) is 10.4. The first kappa shape index (κ1) is 21.9. The standard InChI is InChI=1S/C22H29N3O2.CH2O2/c1-15-13-17-7-8-18(19(16-5-6-16)20(17)23-14-15)24-9-11-25(12-10-24)21(26)27-22(2,3)4;2-1-3/h7-8,13-14,16H,5-6,9-12H2,1-4H3;1H,(H,2,3). The van der Waals surface area contributed by atoms with Crippen LogP contribution in [-0.4, -0.2) is 59.3 Å². The van der Waals surface area contributed by atoms with Crippen molar-refractivity contribution < 1.29 is 19.4 Å². The lowest BCUT2D eigenvalue weighted by atomic mass is 10.0. The van der Waals surface area contributed by atoms with Gasteiger partial charge in [0.15, 0.2) is 0 Å². The molecule has 2 aliphatic rings. The van der Waals surface area contributed by atoms with Crippen molar-refractivity contribution >= 4 is 29.2 Å². The number of carbonyl (C=O) groups is 2. The van der Waals surface area contributed by atoms with Gasteiger partial charge in [0.1, 0.15) is 5.60 Å². The zero-order valence-electron chi connectivity index (χ0n) is 18.2. The van der Waals surface area contributed by atoms with Crippen LogP contribution in [0.25, 0.3) is 10.9 Å². The lowest BCUT2D eigenvalue weighted by Crippen LogP contribution is -2.50. The number of aromatic nitrogens is 1. The van der Waals surface area contributed by atoms with Gasteiger partial charge in [-0.3, -0.25) is 9.78 Å². The van der Waals surface area contributed by atoms with Crippen LogP contribution in [-0.2, 0) is 9.53 Å². The minimum Gasteiger partial charge on any atom is -0.483 e. The van der Waals surface area contributed by atoms with E-state index in [9.17, 15) is 4.79 Å². The summed E-state index contributed by atoms with van der Waals surface area (Å²) in [6, 6.07) is 6.66. The second-order valence-electron chi connectivity index (χ2n) is 8.92. The molecule has 1 aliphatic carbocycles. The Morgan fingerprint density at radius 1 is 1.20 bits per heavy atom. The van der Waals surface area contributed by atoms with Gasteiger partial charge in [0.25, 0.3) is 6.47 Å². The summed E-state index contributed by atoms with van der Waals surface area (Å²) in [4.78, 5) is 29.7. The predicted molar refractivity (Wildman–Crippen MR) is 117 cm³/mol. The molecule has 1 aliphatic heterocycles. The van der Waals surface area contributed by atoms with Gasteiger partial charge in [0.05, 0.1) is 5.52 Å². The number of carboxylic acid groups (broad SMARTS) is 1. The van der Waals surface area contributed by atoms with Crippen molar-refractivity contribution in [1.29, 1.82) is 0 Å². The molecule has 0 radical (unpaired) electrons. The Morgan fingerprint density at radius 3 is 2.40 bits per heavy atom. The number of rotatable bonds is 2. The molecule has 0 unspecified atom stereocenters. The van der Waals surface area contributed by atoms with Crippen molar-refractivity contribution in [3.8, 4) is 0 Å². The van der Waals surface area contributed by atoms with E-state index in [0.29, 0.717) is 19.0 Å². The lowest BCUT2D eigenvalue weighted by Gasteiger charge is -2.37. The van der Waals surface area contributed by atoms with Crippen molar-refractivity contribution in [1.82, 2.24) is 9.88 Å². The summed E-state index contributed by atoms with van der Waals surface area (Å²) in [5.41, 5.74) is 4.59. The number of carbonyl (C=O) groups excluding carboxylic acids is 1. The first-order valence-electron chi connectivity index (χ1n) is 10.4. The van der Waals surface area contributed by atoms with Gasteiger partial charge >= 0.3 is 6.09 Å². The topological polar surface area (TPSA) is 83.0 Å². The van der Waals surface area contributed by atoms with E-state index in [4.69, 9.17) is 19.6 Å². The number of benzene rings is 1. The maximum absolute atomic E-state index is 12.3. The van der Waals surface area contributed by atoms with Gasteiger partial charge < -0.3 is 19.6 Å². The number of amides is 1. The molecule has 1 aromatic heterocycles. The minimum atomic E-state index is -0.449. The Hall–Kier alpha value is -2.83. The van der Waals surface area contributed by atoms with Crippen molar-refractivity contribution in [2.75, 3.05) is 31.1 Å². The fourth-order valence-electron chi connectivity index (χ4n) is 3.83. The minimum absolute atomic E-state index is 0.208. The van der Waals surface area contributed by atoms with Crippen LogP contribution in [0.1, 0.15) is 50.7 Å². The smallest absolute Gasteiger partial charge is 0.410 e. The number of hydrogen-bond donors (Lipinski definition) is 1. The number of ether oxygens (including phenoxy) is 1. The van der Waals surface area contributed by atoms with Gasteiger partial charge in [-0.05, 0) is 64.2 Å². The van der Waals surface area contributed by atoms with Crippen molar-refractivity contribution in [3.05, 3.63) is 35.5 Å². The maximum atomic E-state index is 12.3. The molecule has 2 aromatic rings. The number of fused-ring (bicyclic) bond motifs is 1. The highest BCUT2D eigenvalue weighted by atomic mass is 16.6. The zero-order valence-corrected chi connectivity index (χ0v) is 18.2. The number of anilines is 1. The molecule has 0 spiro atoms. The van der Waals surface area contributed by atoms with Crippen LogP contribution in [0, 0.1) is 6.92 Å². The highest BCUT2D eigenvalue weighted by molar-refractivity contribution is 5.88. The second kappa shape index (κ2) is 8.90. The summed E-state index contributed by atoms with van der Waals surface area (Å²) in [5, 5.41) is 8.12. The van der Waals surface area contributed by atoms with E-state index >= 15 is 0 Å². The Balaban J connectivity index is 0.000000806. The molecule has 7 heteroatoms. The van der Waals surface area contributed by atoms with Gasteiger partial charge in [-0.25, -0.2) is 4.79 Å². The van der Waals surface area contributed by atoms with Crippen molar-refractivity contribution in [3.63, 3.8) is 0 Å². The molecule has 1 saturated heterocycles. The number of nitrogens with zero attached hydrogens (tertiary/aromatic N) is 3. The fraction of sp³-hybridized carbons (Fsp3) is 0.522. The molecule has 30 heavy (non-hydrogen) atoms. The summed E-state index contributed by atoms with van der Waals surface area (Å²) in [5.74, 6) is 0.628. The zero-order chi connectivity index (χ0) is 21.9. The molecule has 1 aromatic carbocycles. The Kier molecular flexibility index (Phi) is 6.48. The monoisotopic (exact) mass is 413 g/mol. The average Bonchev–Trinajstić information content (AvgIpc) is 3.51. The SMILES string of the molecule is Cc1cnc2c(C3CC3)c(N3CCN(C(=O)OC(C)(C)C)CC3)ccc2c1.O=CO. The molecule has 1 saturated carbocycles. The van der Waals surface area contributed by atoms with E-state index in [-0.39, 0.29) is 12.6 Å². The highest BCUT2D eigenvalue weighted by Gasteiger charge is 2.32. The van der Waals surface area contributed by atoms with Gasteiger partial charge in [0, 0.05) is 49.0 Å². The third-order valence-corrected chi connectivity index (χ3v) is 5.26. The Morgan fingerprint density at radius 2 is 1.83 bits per heavy atom. The number of piperazine rings is 1. The molecular weight excluding hydrogens is 382 g/mol. The normalized spacial score (nSPS) is 16.7. The summed E-state index contributed by atoms with van der Waals surface area (Å²) >= 11 is 0. The van der Waals surface area contributed by atoms with Crippen LogP contribution in [0.15, 0.2) is 24.4 Å². The first-order chi connectivity index (χ1) is 14.2. The molecular formula is C23H31N3O4. The van der Waals surface area contributed by atoms with Crippen LogP contribution in [0.2, 0.25) is 0 Å². The van der Waals surface area contributed by atoms with Gasteiger partial charge in [-0.2, -0.15) is 0 Å². The van der Waals surface area contributed by atoms with E-state index in [2.05, 4.69) is 30.0 Å². The molecule has 1 N–H and O–H groups in total. The Bertz CT molecular complexity index is 911. The maximum Gasteiger partial charge on any atom is 0.410 e. The summed E-state index contributed by atoms with van der Waals surface area (Å²) in [7, 11) is 0. The second-order valence-corrected chi connectivity index (χ2v) is 8.92. The molecule has 7 nitrogen and oxygen atoms in total. The van der Waals surface area contributed by atoms with E-state index in [0.717, 1.165) is 18.6 Å². The highest BCUT2D eigenvalue weighted by Crippen LogP contribution is 2.47. The molecule has 4 rings (SSSR count). The molecule has 2 fully saturated rings. The van der Waals surface area contributed by atoms with Crippen LogP contribution in [0.4, 0.5) is 10.5 Å². The van der Waals surface area contributed by atoms with Crippen LogP contribution >= 0.6 is 0 Å². The van der Waals surface area contributed by atoms with E-state index < -0.39 is 5.60 Å². The Labute approximate surface area is 177 Å². The van der Waals surface area contributed by atoms with Crippen LogP contribution in [0.3, 0.4) is 0 Å². The van der Waals surface area contributed by atoms with Crippen molar-refractivity contribution in [2.24, 2.45) is 0 Å².